The molecule has 0 unspecified atom stereocenters. The van der Waals surface area contributed by atoms with Gasteiger partial charge in [-0.2, -0.15) is 0 Å². The number of aromatic nitrogens is 1. The van der Waals surface area contributed by atoms with Gasteiger partial charge >= 0.3 is 0 Å². The van der Waals surface area contributed by atoms with Crippen LogP contribution >= 0.6 is 0 Å². The van der Waals surface area contributed by atoms with Gasteiger partial charge in [0.05, 0.1) is 0 Å². The molecule has 1 heteroatoms. The van der Waals surface area contributed by atoms with E-state index in [1.807, 2.05) is 6.07 Å². The molecule has 0 aliphatic rings. The first kappa shape index (κ1) is 5.29. The van der Waals surface area contributed by atoms with Crippen molar-refractivity contribution >= 4 is 0 Å². The fourth-order valence-corrected chi connectivity index (χ4v) is 0.551. The zero-order chi connectivity index (χ0) is 5.82. The summed E-state index contributed by atoms with van der Waals surface area (Å²) < 4.78 is 0. The monoisotopic (exact) mass is 106 g/mol. The van der Waals surface area contributed by atoms with Crippen LogP contribution in [0, 0.1) is 6.07 Å². The Bertz CT molecular complexity index is 146. The summed E-state index contributed by atoms with van der Waals surface area (Å²) in [5, 5.41) is 0. The highest BCUT2D eigenvalue weighted by Gasteiger charge is 1.82. The Kier molecular flexibility index (Phi) is 1.62. The lowest BCUT2D eigenvalue weighted by Crippen LogP contribution is -1.81. The highest BCUT2D eigenvalue weighted by molar-refractivity contribution is 5.00. The lowest BCUT2D eigenvalue weighted by Gasteiger charge is -1.88. The van der Waals surface area contributed by atoms with Crippen LogP contribution in [0.2, 0.25) is 0 Å². The molecule has 0 bridgehead atoms. The standard InChI is InChI=1S/C7H8N/c1-2-7-5-3-4-6-8-7/h4-6H,2H2,1H3. The summed E-state index contributed by atoms with van der Waals surface area (Å²) in [4.78, 5) is 4.07. The van der Waals surface area contributed by atoms with E-state index in [2.05, 4.69) is 18.0 Å². The fourth-order valence-electron chi connectivity index (χ4n) is 0.551. The maximum absolute atomic E-state index is 4.07. The molecule has 41 valence electrons. The Morgan fingerprint density at radius 2 is 2.62 bits per heavy atom. The minimum atomic E-state index is 0.997. The number of pyridine rings is 1. The van der Waals surface area contributed by atoms with Crippen LogP contribution in [-0.4, -0.2) is 4.98 Å². The second-order valence-corrected chi connectivity index (χ2v) is 1.60. The van der Waals surface area contributed by atoms with Gasteiger partial charge in [-0.1, -0.05) is 6.92 Å². The number of hydrogen-bond donors (Lipinski definition) is 0. The van der Waals surface area contributed by atoms with Crippen molar-refractivity contribution in [3.05, 3.63) is 30.1 Å². The molecule has 0 amide bonds. The van der Waals surface area contributed by atoms with Crippen molar-refractivity contribution < 1.29 is 0 Å². The molecular formula is C7H8N. The molecular weight excluding hydrogens is 98.1 g/mol. The van der Waals surface area contributed by atoms with Gasteiger partial charge in [0, 0.05) is 11.9 Å². The van der Waals surface area contributed by atoms with Gasteiger partial charge in [-0.3, -0.25) is 4.98 Å². The summed E-state index contributed by atoms with van der Waals surface area (Å²) >= 11 is 0. The molecule has 0 fully saturated rings. The van der Waals surface area contributed by atoms with Gasteiger partial charge in [0.1, 0.15) is 0 Å². The number of rotatable bonds is 1. The summed E-state index contributed by atoms with van der Waals surface area (Å²) in [5.41, 5.74) is 1.10. The van der Waals surface area contributed by atoms with E-state index in [1.165, 1.54) is 0 Å². The van der Waals surface area contributed by atoms with Crippen LogP contribution in [0.3, 0.4) is 0 Å². The van der Waals surface area contributed by atoms with Crippen molar-refractivity contribution in [2.75, 3.05) is 0 Å². The molecule has 0 atom stereocenters. The molecule has 1 radical (unpaired) electrons. The van der Waals surface area contributed by atoms with Crippen LogP contribution in [0.4, 0.5) is 0 Å². The van der Waals surface area contributed by atoms with E-state index in [9.17, 15) is 0 Å². The summed E-state index contributed by atoms with van der Waals surface area (Å²) in [6, 6.07) is 6.66. The van der Waals surface area contributed by atoms with Crippen molar-refractivity contribution in [1.29, 1.82) is 0 Å². The Morgan fingerprint density at radius 3 is 3.00 bits per heavy atom. The molecule has 0 aromatic carbocycles. The topological polar surface area (TPSA) is 12.9 Å². The molecule has 1 aromatic heterocycles. The van der Waals surface area contributed by atoms with Crippen LogP contribution in [-0.2, 0) is 6.42 Å². The van der Waals surface area contributed by atoms with Gasteiger partial charge in [-0.05, 0) is 24.6 Å². The summed E-state index contributed by atoms with van der Waals surface area (Å²) in [6.45, 7) is 2.08. The Morgan fingerprint density at radius 1 is 1.75 bits per heavy atom. The number of aryl methyl sites for hydroxylation is 1. The molecule has 0 spiro atoms. The largest absolute Gasteiger partial charge is 0.261 e. The van der Waals surface area contributed by atoms with Gasteiger partial charge in [0.15, 0.2) is 0 Å². The Balaban J connectivity index is 2.83. The van der Waals surface area contributed by atoms with E-state index in [1.54, 1.807) is 12.3 Å². The summed E-state index contributed by atoms with van der Waals surface area (Å²) in [5.74, 6) is 0. The van der Waals surface area contributed by atoms with E-state index >= 15 is 0 Å². The normalized spacial score (nSPS) is 9.12. The number of hydrogen-bond acceptors (Lipinski definition) is 1. The van der Waals surface area contributed by atoms with E-state index in [0.717, 1.165) is 12.1 Å². The third-order valence-corrected chi connectivity index (χ3v) is 1.02. The fraction of sp³-hybridized carbons (Fsp3) is 0.286. The predicted octanol–water partition coefficient (Wildman–Crippen LogP) is 1.44. The van der Waals surface area contributed by atoms with Gasteiger partial charge in [-0.25, -0.2) is 0 Å². The van der Waals surface area contributed by atoms with Crippen LogP contribution in [0.5, 0.6) is 0 Å². The summed E-state index contributed by atoms with van der Waals surface area (Å²) in [7, 11) is 0. The van der Waals surface area contributed by atoms with E-state index in [4.69, 9.17) is 0 Å². The first-order chi connectivity index (χ1) is 3.93. The van der Waals surface area contributed by atoms with Crippen molar-refractivity contribution in [2.24, 2.45) is 0 Å². The van der Waals surface area contributed by atoms with E-state index in [-0.39, 0.29) is 0 Å². The van der Waals surface area contributed by atoms with Crippen molar-refractivity contribution in [1.82, 2.24) is 4.98 Å². The number of nitrogens with zero attached hydrogens (tertiary/aromatic N) is 1. The third-order valence-electron chi connectivity index (χ3n) is 1.02. The summed E-state index contributed by atoms with van der Waals surface area (Å²) in [6.07, 6.45) is 2.76. The minimum absolute atomic E-state index is 0.997. The Hall–Kier alpha value is -0.850. The molecule has 0 saturated carbocycles. The molecule has 8 heavy (non-hydrogen) atoms. The van der Waals surface area contributed by atoms with Crippen LogP contribution < -0.4 is 0 Å². The van der Waals surface area contributed by atoms with E-state index < -0.39 is 0 Å². The predicted molar refractivity (Wildman–Crippen MR) is 32.5 cm³/mol. The van der Waals surface area contributed by atoms with Gasteiger partial charge in [0.25, 0.3) is 0 Å². The molecule has 1 nitrogen and oxygen atoms in total. The van der Waals surface area contributed by atoms with Crippen LogP contribution in [0.1, 0.15) is 12.6 Å². The van der Waals surface area contributed by atoms with Crippen molar-refractivity contribution in [2.45, 2.75) is 13.3 Å². The SMILES string of the molecule is CCc1c[c]ccn1. The Labute approximate surface area is 49.4 Å². The van der Waals surface area contributed by atoms with Gasteiger partial charge < -0.3 is 0 Å². The molecule has 1 rings (SSSR count). The first-order valence-corrected chi connectivity index (χ1v) is 2.74. The van der Waals surface area contributed by atoms with Crippen LogP contribution in [0.15, 0.2) is 18.3 Å². The smallest absolute Gasteiger partial charge is 0.0407 e. The first-order valence-electron chi connectivity index (χ1n) is 2.74. The molecule has 0 aliphatic carbocycles. The molecule has 0 saturated heterocycles. The highest BCUT2D eigenvalue weighted by Crippen LogP contribution is 1.90. The van der Waals surface area contributed by atoms with Crippen molar-refractivity contribution in [3.8, 4) is 0 Å². The van der Waals surface area contributed by atoms with E-state index in [0.29, 0.717) is 0 Å². The molecule has 1 heterocycles. The quantitative estimate of drug-likeness (QED) is 0.528. The average molecular weight is 106 g/mol. The third kappa shape index (κ3) is 1.06. The lowest BCUT2D eigenvalue weighted by molar-refractivity contribution is 1.03. The molecule has 1 aromatic rings. The average Bonchev–Trinajstić information content (AvgIpc) is 1.90. The zero-order valence-corrected chi connectivity index (χ0v) is 4.89. The maximum Gasteiger partial charge on any atom is 0.0407 e. The van der Waals surface area contributed by atoms with Gasteiger partial charge in [0.2, 0.25) is 0 Å². The lowest BCUT2D eigenvalue weighted by atomic mass is 10.3. The molecule has 0 aliphatic heterocycles. The maximum atomic E-state index is 4.07. The second-order valence-electron chi connectivity index (χ2n) is 1.60. The minimum Gasteiger partial charge on any atom is -0.261 e. The second kappa shape index (κ2) is 2.46. The van der Waals surface area contributed by atoms with Crippen LogP contribution in [0.25, 0.3) is 0 Å². The van der Waals surface area contributed by atoms with Gasteiger partial charge in [-0.15, -0.1) is 0 Å². The highest BCUT2D eigenvalue weighted by atomic mass is 14.6. The van der Waals surface area contributed by atoms with Crippen molar-refractivity contribution in [3.63, 3.8) is 0 Å². The zero-order valence-electron chi connectivity index (χ0n) is 4.89. The molecule has 0 N–H and O–H groups in total.